The first-order valence-corrected chi connectivity index (χ1v) is 9.31. The molecule has 12 heteroatoms. The monoisotopic (exact) mass is 440 g/mol. The minimum absolute atomic E-state index is 0.0378. The molecular weight excluding hydrogens is 420 g/mol. The molecule has 0 bridgehead atoms. The van der Waals surface area contributed by atoms with E-state index in [0.717, 1.165) is 12.1 Å². The first-order chi connectivity index (χ1) is 15.4. The van der Waals surface area contributed by atoms with Gasteiger partial charge in [-0.15, -0.1) is 0 Å². The molecule has 12 nitrogen and oxygen atoms in total. The maximum atomic E-state index is 11.9. The number of aliphatic hydroxyl groups excluding tert-OH is 1. The Kier molecular flexibility index (Phi) is 9.15. The van der Waals surface area contributed by atoms with E-state index in [0.29, 0.717) is 24.0 Å². The van der Waals surface area contributed by atoms with Crippen molar-refractivity contribution in [3.05, 3.63) is 92.4 Å². The van der Waals surface area contributed by atoms with E-state index in [9.17, 15) is 25.0 Å². The summed E-state index contributed by atoms with van der Waals surface area (Å²) in [5, 5.41) is 31.0. The standard InChI is InChI=1S/C20H20N6O6/c27-12-2-3-15(8-11-23-24-20(28)16-4-1-9-21-14-16)7-10-22-18-6-5-17(25(29)30)13-19(18)26(31)32/h1,4-11,13-14,23,27H,2-3,12H2,(H,24,28)/b11-8+,15-7-,22-10?. The predicted octanol–water partition coefficient (Wildman–Crippen LogP) is 2.75. The molecule has 0 unspecified atom stereocenters. The summed E-state index contributed by atoms with van der Waals surface area (Å²) >= 11 is 0. The summed E-state index contributed by atoms with van der Waals surface area (Å²) in [4.78, 5) is 40.3. The molecule has 0 fully saturated rings. The number of nitro groups is 2. The molecule has 0 aliphatic heterocycles. The van der Waals surface area contributed by atoms with Crippen molar-refractivity contribution in [3.8, 4) is 0 Å². The summed E-state index contributed by atoms with van der Waals surface area (Å²) < 4.78 is 0. The minimum Gasteiger partial charge on any atom is -0.396 e. The van der Waals surface area contributed by atoms with Crippen LogP contribution in [0, 0.1) is 20.2 Å². The number of allylic oxidation sites excluding steroid dienone is 3. The number of carbonyl (C=O) groups is 1. The molecule has 166 valence electrons. The van der Waals surface area contributed by atoms with Crippen LogP contribution in [0.2, 0.25) is 0 Å². The average molecular weight is 440 g/mol. The van der Waals surface area contributed by atoms with Gasteiger partial charge in [0.25, 0.3) is 11.6 Å². The highest BCUT2D eigenvalue weighted by atomic mass is 16.6. The summed E-state index contributed by atoms with van der Waals surface area (Å²) in [6, 6.07) is 6.41. The van der Waals surface area contributed by atoms with E-state index in [4.69, 9.17) is 5.11 Å². The van der Waals surface area contributed by atoms with E-state index in [-0.39, 0.29) is 18.2 Å². The molecule has 0 radical (unpaired) electrons. The molecule has 0 aliphatic rings. The Labute approximate surface area is 182 Å². The second-order valence-electron chi connectivity index (χ2n) is 6.21. The van der Waals surface area contributed by atoms with Crippen LogP contribution in [0.3, 0.4) is 0 Å². The van der Waals surface area contributed by atoms with Gasteiger partial charge in [-0.25, -0.2) is 4.99 Å². The minimum atomic E-state index is -0.745. The number of nitrogens with one attached hydrogen (secondary N) is 2. The number of hydrogen-bond donors (Lipinski definition) is 3. The Bertz CT molecular complexity index is 1050. The molecular formula is C20H20N6O6. The van der Waals surface area contributed by atoms with E-state index in [2.05, 4.69) is 20.8 Å². The van der Waals surface area contributed by atoms with Crippen molar-refractivity contribution in [1.82, 2.24) is 15.8 Å². The molecule has 1 aromatic carbocycles. The maximum Gasteiger partial charge on any atom is 0.301 e. The highest BCUT2D eigenvalue weighted by Gasteiger charge is 2.18. The summed E-state index contributed by atoms with van der Waals surface area (Å²) in [7, 11) is 0. The number of aliphatic imine (C=N–C) groups is 1. The van der Waals surface area contributed by atoms with Crippen LogP contribution in [-0.2, 0) is 0 Å². The molecule has 0 atom stereocenters. The van der Waals surface area contributed by atoms with E-state index >= 15 is 0 Å². The highest BCUT2D eigenvalue weighted by molar-refractivity contribution is 5.93. The highest BCUT2D eigenvalue weighted by Crippen LogP contribution is 2.30. The Morgan fingerprint density at radius 2 is 2.03 bits per heavy atom. The van der Waals surface area contributed by atoms with Gasteiger partial charge in [0.15, 0.2) is 0 Å². The lowest BCUT2D eigenvalue weighted by atomic mass is 10.1. The largest absolute Gasteiger partial charge is 0.396 e. The summed E-state index contributed by atoms with van der Waals surface area (Å²) in [6.45, 7) is -0.0404. The third kappa shape index (κ3) is 7.42. The van der Waals surface area contributed by atoms with Crippen molar-refractivity contribution in [1.29, 1.82) is 0 Å². The van der Waals surface area contributed by atoms with Crippen molar-refractivity contribution in [2.75, 3.05) is 6.61 Å². The zero-order valence-corrected chi connectivity index (χ0v) is 16.7. The molecule has 0 saturated carbocycles. The molecule has 0 saturated heterocycles. The number of nitro benzene ring substituents is 2. The molecule has 0 spiro atoms. The van der Waals surface area contributed by atoms with Crippen LogP contribution in [0.4, 0.5) is 17.1 Å². The van der Waals surface area contributed by atoms with Gasteiger partial charge in [-0.05, 0) is 48.8 Å². The number of carbonyl (C=O) groups excluding carboxylic acids is 1. The van der Waals surface area contributed by atoms with Crippen LogP contribution in [0.25, 0.3) is 0 Å². The Morgan fingerprint density at radius 1 is 1.22 bits per heavy atom. The molecule has 3 N–H and O–H groups in total. The van der Waals surface area contributed by atoms with Crippen molar-refractivity contribution >= 4 is 29.2 Å². The first kappa shape index (κ1) is 23.8. The number of amides is 1. The molecule has 1 aromatic heterocycles. The Hall–Kier alpha value is -4.45. The number of pyridine rings is 1. The van der Waals surface area contributed by atoms with Gasteiger partial charge in [0.05, 0.1) is 21.5 Å². The van der Waals surface area contributed by atoms with Crippen LogP contribution in [-0.4, -0.2) is 38.7 Å². The lowest BCUT2D eigenvalue weighted by Crippen LogP contribution is -2.33. The number of benzene rings is 1. The van der Waals surface area contributed by atoms with Gasteiger partial charge >= 0.3 is 5.69 Å². The van der Waals surface area contributed by atoms with Gasteiger partial charge in [-0.1, -0.05) is 0 Å². The van der Waals surface area contributed by atoms with Gasteiger partial charge in [0.2, 0.25) is 0 Å². The maximum absolute atomic E-state index is 11.9. The zero-order chi connectivity index (χ0) is 23.3. The molecule has 0 aliphatic carbocycles. The van der Waals surface area contributed by atoms with Crippen LogP contribution in [0.1, 0.15) is 23.2 Å². The number of nitrogens with zero attached hydrogens (tertiary/aromatic N) is 4. The molecule has 2 aromatic rings. The normalized spacial score (nSPS) is 11.6. The number of hydrogen-bond acceptors (Lipinski definition) is 9. The lowest BCUT2D eigenvalue weighted by molar-refractivity contribution is -0.393. The van der Waals surface area contributed by atoms with Crippen LogP contribution in [0.15, 0.2) is 71.6 Å². The van der Waals surface area contributed by atoms with Crippen LogP contribution in [0.5, 0.6) is 0 Å². The Balaban J connectivity index is 2.08. The Morgan fingerprint density at radius 3 is 2.69 bits per heavy atom. The van der Waals surface area contributed by atoms with Crippen molar-refractivity contribution < 1.29 is 19.7 Å². The van der Waals surface area contributed by atoms with Crippen molar-refractivity contribution in [2.45, 2.75) is 12.8 Å². The second-order valence-corrected chi connectivity index (χ2v) is 6.21. The number of rotatable bonds is 11. The SMILES string of the molecule is O=C(NN/C=C/C(=C\C=Nc1ccc([N+](=O)[O-])cc1[N+](=O)[O-])CCCO)c1cccnc1. The zero-order valence-electron chi connectivity index (χ0n) is 16.7. The second kappa shape index (κ2) is 12.3. The first-order valence-electron chi connectivity index (χ1n) is 9.31. The topological polar surface area (TPSA) is 173 Å². The van der Waals surface area contributed by atoms with E-state index in [1.54, 1.807) is 30.5 Å². The molecule has 1 heterocycles. The number of non-ortho nitro benzene ring substituents is 1. The van der Waals surface area contributed by atoms with E-state index in [1.165, 1.54) is 24.7 Å². The fourth-order valence-corrected chi connectivity index (χ4v) is 2.42. The number of aromatic nitrogens is 1. The van der Waals surface area contributed by atoms with E-state index < -0.39 is 21.2 Å². The average Bonchev–Trinajstić information content (AvgIpc) is 2.80. The lowest BCUT2D eigenvalue weighted by Gasteiger charge is -2.04. The fraction of sp³-hybridized carbons (Fsp3) is 0.150. The number of hydrazine groups is 1. The van der Waals surface area contributed by atoms with Gasteiger partial charge in [-0.3, -0.25) is 35.4 Å². The smallest absolute Gasteiger partial charge is 0.301 e. The van der Waals surface area contributed by atoms with Gasteiger partial charge < -0.3 is 10.5 Å². The summed E-state index contributed by atoms with van der Waals surface area (Å²) in [5.74, 6) is -0.379. The van der Waals surface area contributed by atoms with Crippen molar-refractivity contribution in [3.63, 3.8) is 0 Å². The van der Waals surface area contributed by atoms with Gasteiger partial charge in [0.1, 0.15) is 5.69 Å². The quantitative estimate of drug-likeness (QED) is 0.207. The molecule has 32 heavy (non-hydrogen) atoms. The van der Waals surface area contributed by atoms with Crippen LogP contribution >= 0.6 is 0 Å². The molecule has 1 amide bonds. The third-order valence-electron chi connectivity index (χ3n) is 3.98. The van der Waals surface area contributed by atoms with Gasteiger partial charge in [-0.2, -0.15) is 0 Å². The predicted molar refractivity (Wildman–Crippen MR) is 116 cm³/mol. The number of aliphatic hydroxyl groups is 1. The van der Waals surface area contributed by atoms with Gasteiger partial charge in [0, 0.05) is 37.5 Å². The third-order valence-corrected chi connectivity index (χ3v) is 3.98. The molecule has 2 rings (SSSR count). The fourth-order valence-electron chi connectivity index (χ4n) is 2.42. The van der Waals surface area contributed by atoms with Crippen molar-refractivity contribution in [2.24, 2.45) is 4.99 Å². The van der Waals surface area contributed by atoms with Crippen LogP contribution < -0.4 is 10.9 Å². The summed E-state index contributed by atoms with van der Waals surface area (Å²) in [6.07, 6.45) is 9.90. The van der Waals surface area contributed by atoms with E-state index in [1.807, 2.05) is 0 Å². The summed E-state index contributed by atoms with van der Waals surface area (Å²) in [5.41, 5.74) is 5.25.